The van der Waals surface area contributed by atoms with Crippen LogP contribution in [0.2, 0.25) is 10.0 Å². The first-order valence-corrected chi connectivity index (χ1v) is 7.22. The number of carbonyl (C=O) groups is 2. The van der Waals surface area contributed by atoms with Crippen molar-refractivity contribution < 1.29 is 14.7 Å². The summed E-state index contributed by atoms with van der Waals surface area (Å²) in [7, 11) is 0. The van der Waals surface area contributed by atoms with Crippen molar-refractivity contribution in [1.82, 2.24) is 4.98 Å². The molecular weight excluding hydrogens is 335 g/mol. The number of carboxylic acids is 1. The lowest BCUT2D eigenvalue weighted by Crippen LogP contribution is -2.08. The van der Waals surface area contributed by atoms with E-state index in [0.29, 0.717) is 20.9 Å². The smallest absolute Gasteiger partial charge is 0.328 e. The Morgan fingerprint density at radius 3 is 2.67 bits per heavy atom. The predicted octanol–water partition coefficient (Wildman–Crippen LogP) is 3.70. The van der Waals surface area contributed by atoms with E-state index in [1.165, 1.54) is 11.3 Å². The van der Waals surface area contributed by atoms with E-state index < -0.39 is 11.9 Å². The van der Waals surface area contributed by atoms with Gasteiger partial charge in [-0.15, -0.1) is 11.3 Å². The fourth-order valence-electron chi connectivity index (χ4n) is 1.41. The highest BCUT2D eigenvalue weighted by Gasteiger charge is 2.08. The molecule has 0 aliphatic rings. The topological polar surface area (TPSA) is 79.3 Å². The fraction of sp³-hybridized carbons (Fsp3) is 0. The molecule has 1 heterocycles. The van der Waals surface area contributed by atoms with E-state index >= 15 is 0 Å². The third-order valence-corrected chi connectivity index (χ3v) is 3.82. The van der Waals surface area contributed by atoms with Crippen LogP contribution in [-0.2, 0) is 9.59 Å². The van der Waals surface area contributed by atoms with Crippen molar-refractivity contribution in [2.24, 2.45) is 0 Å². The molecular formula is C13H8Cl2N2O3S. The quantitative estimate of drug-likeness (QED) is 0.830. The summed E-state index contributed by atoms with van der Waals surface area (Å²) in [4.78, 5) is 26.0. The minimum absolute atomic E-state index is 0.358. The van der Waals surface area contributed by atoms with Crippen molar-refractivity contribution >= 4 is 51.5 Å². The summed E-state index contributed by atoms with van der Waals surface area (Å²) in [6.45, 7) is 0. The lowest BCUT2D eigenvalue weighted by Gasteiger charge is -1.99. The van der Waals surface area contributed by atoms with E-state index in [1.54, 1.807) is 23.6 Å². The molecule has 0 unspecified atom stereocenters. The molecule has 2 N–H and O–H groups in total. The summed E-state index contributed by atoms with van der Waals surface area (Å²) >= 11 is 13.0. The Bertz CT molecular complexity index is 728. The van der Waals surface area contributed by atoms with Gasteiger partial charge in [0.05, 0.1) is 15.7 Å². The Morgan fingerprint density at radius 1 is 1.24 bits per heavy atom. The molecule has 0 fully saturated rings. The first-order chi connectivity index (χ1) is 9.95. The third kappa shape index (κ3) is 4.29. The lowest BCUT2D eigenvalue weighted by molar-refractivity contribution is -0.131. The number of hydrogen-bond acceptors (Lipinski definition) is 4. The van der Waals surface area contributed by atoms with Gasteiger partial charge in [0.1, 0.15) is 0 Å². The number of thiazole rings is 1. The van der Waals surface area contributed by atoms with Crippen molar-refractivity contribution in [1.29, 1.82) is 0 Å². The summed E-state index contributed by atoms with van der Waals surface area (Å²) in [6, 6.07) is 5.10. The average molecular weight is 343 g/mol. The molecule has 0 saturated carbocycles. The fourth-order valence-corrected chi connectivity index (χ4v) is 2.43. The zero-order valence-electron chi connectivity index (χ0n) is 10.3. The number of benzene rings is 1. The van der Waals surface area contributed by atoms with E-state index in [4.69, 9.17) is 28.3 Å². The average Bonchev–Trinajstić information content (AvgIpc) is 2.88. The molecule has 0 saturated heterocycles. The summed E-state index contributed by atoms with van der Waals surface area (Å²) in [6.07, 6.45) is 1.67. The van der Waals surface area contributed by atoms with E-state index in [-0.39, 0.29) is 0 Å². The molecule has 108 valence electrons. The van der Waals surface area contributed by atoms with Crippen LogP contribution in [0.1, 0.15) is 0 Å². The second-order valence-electron chi connectivity index (χ2n) is 3.83. The van der Waals surface area contributed by atoms with Gasteiger partial charge in [-0.05, 0) is 12.1 Å². The molecule has 2 rings (SSSR count). The molecule has 0 spiro atoms. The van der Waals surface area contributed by atoms with Crippen LogP contribution in [0.5, 0.6) is 0 Å². The highest BCUT2D eigenvalue weighted by Crippen LogP contribution is 2.30. The van der Waals surface area contributed by atoms with Gasteiger partial charge in [0.2, 0.25) is 5.91 Å². The van der Waals surface area contributed by atoms with Crippen LogP contribution < -0.4 is 5.32 Å². The first kappa shape index (κ1) is 15.5. The van der Waals surface area contributed by atoms with Crippen molar-refractivity contribution in [2.75, 3.05) is 5.32 Å². The maximum atomic E-state index is 11.4. The second kappa shape index (κ2) is 6.71. The molecule has 5 nitrogen and oxygen atoms in total. The molecule has 0 atom stereocenters. The van der Waals surface area contributed by atoms with Gasteiger partial charge in [-0.1, -0.05) is 29.3 Å². The monoisotopic (exact) mass is 342 g/mol. The number of rotatable bonds is 4. The molecule has 0 radical (unpaired) electrons. The van der Waals surface area contributed by atoms with Crippen LogP contribution >= 0.6 is 34.5 Å². The number of nitrogens with zero attached hydrogens (tertiary/aromatic N) is 1. The Balaban J connectivity index is 2.12. The third-order valence-electron chi connectivity index (χ3n) is 2.33. The van der Waals surface area contributed by atoms with E-state index in [1.807, 2.05) is 0 Å². The standard InChI is InChI=1S/C13H8Cl2N2O3S/c14-8-2-1-7(5-9(8)15)10-6-21-13(16-10)17-11(18)3-4-12(19)20/h1-6H,(H,19,20)(H,16,17,18). The number of aromatic nitrogens is 1. The number of nitrogens with one attached hydrogen (secondary N) is 1. The Kier molecular flexibility index (Phi) is 4.95. The van der Waals surface area contributed by atoms with Crippen molar-refractivity contribution in [3.8, 4) is 11.3 Å². The highest BCUT2D eigenvalue weighted by molar-refractivity contribution is 7.14. The maximum Gasteiger partial charge on any atom is 0.328 e. The number of amides is 1. The number of anilines is 1. The van der Waals surface area contributed by atoms with E-state index in [2.05, 4.69) is 10.3 Å². The summed E-state index contributed by atoms with van der Waals surface area (Å²) < 4.78 is 0. The summed E-state index contributed by atoms with van der Waals surface area (Å²) in [5.41, 5.74) is 1.40. The Labute approximate surface area is 133 Å². The van der Waals surface area contributed by atoms with Crippen LogP contribution in [-0.4, -0.2) is 22.0 Å². The van der Waals surface area contributed by atoms with Crippen molar-refractivity contribution in [3.05, 3.63) is 45.8 Å². The van der Waals surface area contributed by atoms with Gasteiger partial charge in [0.25, 0.3) is 0 Å². The molecule has 21 heavy (non-hydrogen) atoms. The minimum atomic E-state index is -1.19. The summed E-state index contributed by atoms with van der Waals surface area (Å²) in [5, 5.41) is 13.9. The van der Waals surface area contributed by atoms with Gasteiger partial charge in [-0.2, -0.15) is 0 Å². The molecule has 8 heteroatoms. The van der Waals surface area contributed by atoms with E-state index in [9.17, 15) is 9.59 Å². The van der Waals surface area contributed by atoms with E-state index in [0.717, 1.165) is 17.7 Å². The van der Waals surface area contributed by atoms with Crippen LogP contribution in [0.3, 0.4) is 0 Å². The predicted molar refractivity (Wildman–Crippen MR) is 83.0 cm³/mol. The van der Waals surface area contributed by atoms with Crippen molar-refractivity contribution in [2.45, 2.75) is 0 Å². The van der Waals surface area contributed by atoms with Crippen molar-refractivity contribution in [3.63, 3.8) is 0 Å². The maximum absolute atomic E-state index is 11.4. The SMILES string of the molecule is O=C(O)C=CC(=O)Nc1nc(-c2ccc(Cl)c(Cl)c2)cs1. The Morgan fingerprint density at radius 2 is 2.00 bits per heavy atom. The summed E-state index contributed by atoms with van der Waals surface area (Å²) in [5.74, 6) is -1.76. The molecule has 1 amide bonds. The molecule has 0 bridgehead atoms. The number of carbonyl (C=O) groups excluding carboxylic acids is 1. The molecule has 0 aliphatic heterocycles. The van der Waals surface area contributed by atoms with Crippen LogP contribution in [0.15, 0.2) is 35.7 Å². The molecule has 0 aliphatic carbocycles. The lowest BCUT2D eigenvalue weighted by atomic mass is 10.2. The number of carboxylic acid groups (broad SMARTS) is 1. The number of hydrogen-bond donors (Lipinski definition) is 2. The molecule has 2 aromatic rings. The molecule has 1 aromatic heterocycles. The normalized spacial score (nSPS) is 10.8. The van der Waals surface area contributed by atoms with Gasteiger partial charge in [-0.25, -0.2) is 9.78 Å². The number of aliphatic carboxylic acids is 1. The zero-order chi connectivity index (χ0) is 15.4. The Hall–Kier alpha value is -1.89. The van der Waals surface area contributed by atoms with Gasteiger partial charge in [0.15, 0.2) is 5.13 Å². The zero-order valence-corrected chi connectivity index (χ0v) is 12.7. The van der Waals surface area contributed by atoms with Gasteiger partial charge < -0.3 is 5.11 Å². The first-order valence-electron chi connectivity index (χ1n) is 5.58. The van der Waals surface area contributed by atoms with Crippen LogP contribution in [0.4, 0.5) is 5.13 Å². The highest BCUT2D eigenvalue weighted by atomic mass is 35.5. The number of halogens is 2. The second-order valence-corrected chi connectivity index (χ2v) is 5.50. The van der Waals surface area contributed by atoms with Gasteiger partial charge in [0, 0.05) is 23.1 Å². The van der Waals surface area contributed by atoms with Crippen LogP contribution in [0.25, 0.3) is 11.3 Å². The minimum Gasteiger partial charge on any atom is -0.478 e. The largest absolute Gasteiger partial charge is 0.478 e. The van der Waals surface area contributed by atoms with Gasteiger partial charge in [-0.3, -0.25) is 10.1 Å². The van der Waals surface area contributed by atoms with Crippen LogP contribution in [0, 0.1) is 0 Å². The molecule has 1 aromatic carbocycles. The van der Waals surface area contributed by atoms with Gasteiger partial charge >= 0.3 is 5.97 Å².